The van der Waals surface area contributed by atoms with Gasteiger partial charge in [0.1, 0.15) is 22.3 Å². The number of fused-ring (bicyclic) bond motifs is 1. The first-order chi connectivity index (χ1) is 14.3. The lowest BCUT2D eigenvalue weighted by atomic mass is 10.0. The fraction of sp³-hybridized carbons (Fsp3) is 0.333. The van der Waals surface area contributed by atoms with E-state index in [1.165, 1.54) is 18.2 Å². The largest absolute Gasteiger partial charge is 0.507 e. The van der Waals surface area contributed by atoms with Gasteiger partial charge in [0.15, 0.2) is 0 Å². The van der Waals surface area contributed by atoms with Crippen molar-refractivity contribution in [2.75, 3.05) is 6.54 Å². The molecular weight excluding hydrogens is 382 g/mol. The molecule has 2 aromatic carbocycles. The monoisotopic (exact) mass is 411 g/mol. The quantitative estimate of drug-likeness (QED) is 0.586. The number of rotatable bonds is 6. The molecule has 6 nitrogen and oxygen atoms in total. The molecule has 6 heteroatoms. The number of hydrogen-bond donors (Lipinski definition) is 1. The molecule has 0 fully saturated rings. The van der Waals surface area contributed by atoms with Gasteiger partial charge in [0.05, 0.1) is 0 Å². The van der Waals surface area contributed by atoms with Crippen molar-refractivity contribution in [3.05, 3.63) is 58.8 Å². The number of carbonyl (C=O) groups excluding carboxylic acids is 1. The van der Waals surface area contributed by atoms with Gasteiger partial charge in [-0.1, -0.05) is 43.3 Å². The van der Waals surface area contributed by atoms with Crippen molar-refractivity contribution in [1.82, 2.24) is 4.90 Å². The van der Waals surface area contributed by atoms with Gasteiger partial charge in [0.2, 0.25) is 5.43 Å². The Morgan fingerprint density at radius 1 is 1.03 bits per heavy atom. The number of hydrogen-bond acceptors (Lipinski definition) is 6. The van der Waals surface area contributed by atoms with Crippen LogP contribution in [0.3, 0.4) is 0 Å². The van der Waals surface area contributed by atoms with Crippen LogP contribution in [-0.2, 0) is 4.79 Å². The zero-order valence-corrected chi connectivity index (χ0v) is 18.1. The molecule has 1 N–H and O–H groups in total. The molecule has 160 valence electrons. The zero-order valence-electron chi connectivity index (χ0n) is 18.1. The van der Waals surface area contributed by atoms with Crippen LogP contribution in [0, 0.1) is 0 Å². The Labute approximate surface area is 176 Å². The summed E-state index contributed by atoms with van der Waals surface area (Å²) in [4.78, 5) is 25.7. The molecule has 1 heterocycles. The molecule has 0 unspecified atom stereocenters. The average molecular weight is 411 g/mol. The van der Waals surface area contributed by atoms with Gasteiger partial charge in [-0.25, -0.2) is 0 Å². The molecule has 0 bridgehead atoms. The molecule has 0 saturated heterocycles. The highest BCUT2D eigenvalue weighted by atomic mass is 16.6. The molecule has 1 aromatic heterocycles. The molecule has 0 amide bonds. The van der Waals surface area contributed by atoms with Crippen LogP contribution in [0.2, 0.25) is 0 Å². The molecule has 3 aromatic rings. The molecule has 0 aliphatic carbocycles. The number of phenolic OH excluding ortho intramolecular Hbond substituents is 1. The van der Waals surface area contributed by atoms with Gasteiger partial charge < -0.3 is 14.3 Å². The number of aromatic hydroxyl groups is 1. The normalized spacial score (nSPS) is 10.9. The van der Waals surface area contributed by atoms with E-state index in [9.17, 15) is 14.7 Å². The molecule has 0 radical (unpaired) electrons. The van der Waals surface area contributed by atoms with Crippen molar-refractivity contribution in [2.24, 2.45) is 0 Å². The Morgan fingerprint density at radius 2 is 1.67 bits per heavy atom. The molecular formula is C24H29NO5. The second kappa shape index (κ2) is 10.6. The first-order valence-electron chi connectivity index (χ1n) is 10.0. The maximum absolute atomic E-state index is 12.6. The lowest BCUT2D eigenvalue weighted by Crippen LogP contribution is -2.36. The van der Waals surface area contributed by atoms with E-state index < -0.39 is 5.43 Å². The van der Waals surface area contributed by atoms with Gasteiger partial charge in [-0.05, 0) is 51.9 Å². The van der Waals surface area contributed by atoms with Crippen molar-refractivity contribution < 1.29 is 19.1 Å². The van der Waals surface area contributed by atoms with E-state index in [4.69, 9.17) is 9.15 Å². The van der Waals surface area contributed by atoms with E-state index >= 15 is 0 Å². The van der Waals surface area contributed by atoms with Crippen LogP contribution in [0.5, 0.6) is 11.7 Å². The molecule has 3 rings (SSSR count). The molecule has 0 aliphatic heterocycles. The lowest BCUT2D eigenvalue weighted by Gasteiger charge is -2.28. The smallest absolute Gasteiger partial charge is 0.304 e. The van der Waals surface area contributed by atoms with E-state index in [1.54, 1.807) is 30.3 Å². The van der Waals surface area contributed by atoms with E-state index in [2.05, 4.69) is 39.5 Å². The Bertz CT molecular complexity index is 1020. The predicted octanol–water partition coefficient (Wildman–Crippen LogP) is 4.83. The Morgan fingerprint density at radius 3 is 2.17 bits per heavy atom. The Balaban J connectivity index is 0.000000303. The third-order valence-corrected chi connectivity index (χ3v) is 4.77. The summed E-state index contributed by atoms with van der Waals surface area (Å²) in [7, 11) is 0. The fourth-order valence-corrected chi connectivity index (χ4v) is 3.51. The van der Waals surface area contributed by atoms with Crippen molar-refractivity contribution in [2.45, 2.75) is 46.7 Å². The van der Waals surface area contributed by atoms with Crippen molar-refractivity contribution in [3.63, 3.8) is 0 Å². The second-order valence-corrected chi connectivity index (χ2v) is 7.34. The first-order valence-corrected chi connectivity index (χ1v) is 10.0. The van der Waals surface area contributed by atoms with Crippen molar-refractivity contribution in [1.29, 1.82) is 0 Å². The third-order valence-electron chi connectivity index (χ3n) is 4.77. The van der Waals surface area contributed by atoms with Crippen LogP contribution in [0.15, 0.2) is 57.7 Å². The second-order valence-electron chi connectivity index (χ2n) is 7.34. The van der Waals surface area contributed by atoms with Crippen LogP contribution < -0.4 is 10.2 Å². The van der Waals surface area contributed by atoms with Crippen molar-refractivity contribution >= 4 is 17.4 Å². The van der Waals surface area contributed by atoms with Crippen LogP contribution >= 0.6 is 0 Å². The summed E-state index contributed by atoms with van der Waals surface area (Å²) in [6.45, 7) is 12.5. The SMILES string of the molecule is CCN(C(C)C)C(C)C.O=COc1oc2cccc(O)c2c(=O)c1-c1ccccc1. The Hall–Kier alpha value is -3.12. The van der Waals surface area contributed by atoms with Gasteiger partial charge in [-0.2, -0.15) is 0 Å². The third kappa shape index (κ3) is 5.27. The van der Waals surface area contributed by atoms with E-state index in [0.29, 0.717) is 17.6 Å². The highest BCUT2D eigenvalue weighted by Crippen LogP contribution is 2.32. The van der Waals surface area contributed by atoms with E-state index in [0.717, 1.165) is 6.54 Å². The summed E-state index contributed by atoms with van der Waals surface area (Å²) in [5.41, 5.74) is 0.318. The minimum atomic E-state index is -0.461. The average Bonchev–Trinajstić information content (AvgIpc) is 2.69. The molecule has 0 atom stereocenters. The van der Waals surface area contributed by atoms with Crippen LogP contribution in [0.25, 0.3) is 22.1 Å². The summed E-state index contributed by atoms with van der Waals surface area (Å²) in [5.74, 6) is -0.379. The summed E-state index contributed by atoms with van der Waals surface area (Å²) < 4.78 is 10.2. The molecule has 30 heavy (non-hydrogen) atoms. The highest BCUT2D eigenvalue weighted by Gasteiger charge is 2.19. The first kappa shape index (κ1) is 23.2. The highest BCUT2D eigenvalue weighted by molar-refractivity contribution is 5.88. The summed E-state index contributed by atoms with van der Waals surface area (Å²) in [5, 5.41) is 9.92. The van der Waals surface area contributed by atoms with Gasteiger partial charge in [0.25, 0.3) is 0 Å². The van der Waals surface area contributed by atoms with Crippen LogP contribution in [0.1, 0.15) is 34.6 Å². The van der Waals surface area contributed by atoms with Gasteiger partial charge in [0, 0.05) is 12.1 Å². The van der Waals surface area contributed by atoms with Crippen LogP contribution in [-0.4, -0.2) is 35.1 Å². The molecule has 0 spiro atoms. The van der Waals surface area contributed by atoms with E-state index in [-0.39, 0.29) is 34.7 Å². The molecule has 0 aliphatic rings. The van der Waals surface area contributed by atoms with Gasteiger partial charge >= 0.3 is 12.4 Å². The number of nitrogens with zero attached hydrogens (tertiary/aromatic N) is 1. The zero-order chi connectivity index (χ0) is 22.3. The number of ether oxygens (including phenoxy) is 1. The molecule has 0 saturated carbocycles. The minimum Gasteiger partial charge on any atom is -0.507 e. The van der Waals surface area contributed by atoms with Gasteiger partial charge in [-0.3, -0.25) is 14.5 Å². The summed E-state index contributed by atoms with van der Waals surface area (Å²) in [6.07, 6.45) is 0. The topological polar surface area (TPSA) is 80.0 Å². The standard InChI is InChI=1S/C16H10O5.C8H19N/c17-9-20-16-13(10-5-2-1-3-6-10)15(19)14-11(18)7-4-8-12(14)21-16;1-6-9(7(2)3)8(4)5/h1-9,18H;7-8H,6H2,1-5H3. The number of benzene rings is 2. The maximum Gasteiger partial charge on any atom is 0.304 e. The number of carbonyl (C=O) groups is 1. The summed E-state index contributed by atoms with van der Waals surface area (Å²) in [6, 6.07) is 14.5. The number of phenols is 1. The predicted molar refractivity (Wildman–Crippen MR) is 119 cm³/mol. The maximum atomic E-state index is 12.6. The van der Waals surface area contributed by atoms with E-state index in [1.807, 2.05) is 0 Å². The fourth-order valence-electron chi connectivity index (χ4n) is 3.51. The lowest BCUT2D eigenvalue weighted by molar-refractivity contribution is -0.121. The summed E-state index contributed by atoms with van der Waals surface area (Å²) >= 11 is 0. The Kier molecular flexibility index (Phi) is 8.18. The van der Waals surface area contributed by atoms with Crippen molar-refractivity contribution in [3.8, 4) is 22.8 Å². The minimum absolute atomic E-state index is 0.0506. The van der Waals surface area contributed by atoms with Crippen LogP contribution in [0.4, 0.5) is 0 Å². The van der Waals surface area contributed by atoms with Gasteiger partial charge in [-0.15, -0.1) is 0 Å².